The van der Waals surface area contributed by atoms with Gasteiger partial charge >= 0.3 is 0 Å². The van der Waals surface area contributed by atoms with Gasteiger partial charge < -0.3 is 21.1 Å². The van der Waals surface area contributed by atoms with Crippen LogP contribution in [0.4, 0.5) is 10.8 Å². The molecule has 3 heterocycles. The Labute approximate surface area is 188 Å². The molecule has 158 valence electrons. The quantitative estimate of drug-likeness (QED) is 0.555. The molecule has 7 nitrogen and oxygen atoms in total. The molecule has 0 radical (unpaired) electrons. The van der Waals surface area contributed by atoms with Crippen molar-refractivity contribution in [2.45, 2.75) is 31.7 Å². The summed E-state index contributed by atoms with van der Waals surface area (Å²) in [5.74, 6) is 0.504. The Bertz CT molecular complexity index is 985. The summed E-state index contributed by atoms with van der Waals surface area (Å²) in [6.45, 7) is 1.74. The van der Waals surface area contributed by atoms with Gasteiger partial charge in [0.15, 0.2) is 10.3 Å². The van der Waals surface area contributed by atoms with E-state index in [1.807, 2.05) is 6.07 Å². The van der Waals surface area contributed by atoms with Crippen molar-refractivity contribution in [3.05, 3.63) is 39.2 Å². The SMILES string of the molecule is Nc1ncc(C=C2SC(=Nc3ccc(OCCC4CCCCN4)cc3Cl)NC2=O)s1. The molecule has 2 aliphatic heterocycles. The van der Waals surface area contributed by atoms with Gasteiger partial charge in [-0.1, -0.05) is 29.4 Å². The topological polar surface area (TPSA) is 102 Å². The third-order valence-corrected chi connectivity index (χ3v) is 6.74. The van der Waals surface area contributed by atoms with Gasteiger partial charge in [0.2, 0.25) is 0 Å². The van der Waals surface area contributed by atoms with Crippen LogP contribution in [0.5, 0.6) is 5.75 Å². The highest BCUT2D eigenvalue weighted by Crippen LogP contribution is 2.33. The summed E-state index contributed by atoms with van der Waals surface area (Å²) in [5, 5.41) is 7.68. The lowest BCUT2D eigenvalue weighted by atomic mass is 10.0. The van der Waals surface area contributed by atoms with Crippen molar-refractivity contribution in [3.8, 4) is 5.75 Å². The van der Waals surface area contributed by atoms with Gasteiger partial charge in [-0.3, -0.25) is 4.79 Å². The van der Waals surface area contributed by atoms with Gasteiger partial charge in [0.05, 0.1) is 27.1 Å². The minimum absolute atomic E-state index is 0.210. The maximum Gasteiger partial charge on any atom is 0.264 e. The Morgan fingerprint density at radius 2 is 2.30 bits per heavy atom. The Morgan fingerprint density at radius 3 is 3.03 bits per heavy atom. The number of hydrogen-bond donors (Lipinski definition) is 3. The number of carbonyl (C=O) groups excluding carboxylic acids is 1. The fraction of sp³-hybridized carbons (Fsp3) is 0.350. The number of nitrogen functional groups attached to an aromatic ring is 1. The van der Waals surface area contributed by atoms with Crippen molar-refractivity contribution in [1.82, 2.24) is 15.6 Å². The summed E-state index contributed by atoms with van der Waals surface area (Å²) in [6.07, 6.45) is 8.10. The van der Waals surface area contributed by atoms with Crippen molar-refractivity contribution in [2.24, 2.45) is 4.99 Å². The summed E-state index contributed by atoms with van der Waals surface area (Å²) in [6, 6.07) is 5.93. The molecular formula is C20H22ClN5O2S2. The second kappa shape index (κ2) is 9.82. The number of aromatic nitrogens is 1. The molecule has 1 amide bonds. The molecule has 2 aromatic rings. The van der Waals surface area contributed by atoms with E-state index in [-0.39, 0.29) is 5.91 Å². The predicted octanol–water partition coefficient (Wildman–Crippen LogP) is 4.18. The number of carbonyl (C=O) groups is 1. The van der Waals surface area contributed by atoms with Gasteiger partial charge in [0.1, 0.15) is 5.75 Å². The van der Waals surface area contributed by atoms with E-state index in [1.54, 1.807) is 24.4 Å². The molecular weight excluding hydrogens is 442 g/mol. The minimum Gasteiger partial charge on any atom is -0.493 e. The lowest BCUT2D eigenvalue weighted by Crippen LogP contribution is -2.35. The number of nitrogens with one attached hydrogen (secondary N) is 2. The third-order valence-electron chi connectivity index (χ3n) is 4.75. The lowest BCUT2D eigenvalue weighted by Gasteiger charge is -2.23. The van der Waals surface area contributed by atoms with E-state index in [0.717, 1.165) is 17.8 Å². The molecule has 0 bridgehead atoms. The van der Waals surface area contributed by atoms with E-state index in [2.05, 4.69) is 20.6 Å². The Morgan fingerprint density at radius 1 is 1.40 bits per heavy atom. The van der Waals surface area contributed by atoms with E-state index in [4.69, 9.17) is 22.1 Å². The van der Waals surface area contributed by atoms with Crippen molar-refractivity contribution < 1.29 is 9.53 Å². The summed E-state index contributed by atoms with van der Waals surface area (Å²) in [4.78, 5) is 22.0. The number of thiazole rings is 1. The van der Waals surface area contributed by atoms with Crippen LogP contribution in [0.15, 0.2) is 34.3 Å². The van der Waals surface area contributed by atoms with Crippen LogP contribution in [-0.4, -0.2) is 35.3 Å². The fourth-order valence-corrected chi connectivity index (χ4v) is 4.99. The number of rotatable bonds is 6. The molecule has 10 heteroatoms. The van der Waals surface area contributed by atoms with E-state index in [1.165, 1.54) is 42.4 Å². The number of nitrogens with zero attached hydrogens (tertiary/aromatic N) is 2. The van der Waals surface area contributed by atoms with E-state index in [9.17, 15) is 4.79 Å². The molecule has 0 saturated carbocycles. The zero-order valence-corrected chi connectivity index (χ0v) is 18.6. The standard InChI is InChI=1S/C20H22ClN5O2S2/c21-15-9-13(28-8-6-12-3-1-2-7-23-12)4-5-16(15)25-20-26-18(27)17(30-20)10-14-11-24-19(22)29-14/h4-5,9-12,23H,1-3,6-8H2,(H2,22,24)(H,25,26,27). The highest BCUT2D eigenvalue weighted by molar-refractivity contribution is 8.18. The second-order valence-electron chi connectivity index (χ2n) is 6.98. The third kappa shape index (κ3) is 5.54. The fourth-order valence-electron chi connectivity index (χ4n) is 3.24. The first-order valence-electron chi connectivity index (χ1n) is 9.73. The summed E-state index contributed by atoms with van der Waals surface area (Å²) >= 11 is 8.96. The predicted molar refractivity (Wildman–Crippen MR) is 125 cm³/mol. The van der Waals surface area contributed by atoms with Crippen molar-refractivity contribution in [2.75, 3.05) is 18.9 Å². The Kier molecular flexibility index (Phi) is 6.93. The van der Waals surface area contributed by atoms with Gasteiger partial charge in [0, 0.05) is 18.3 Å². The van der Waals surface area contributed by atoms with Crippen molar-refractivity contribution in [3.63, 3.8) is 0 Å². The average molecular weight is 464 g/mol. The summed E-state index contributed by atoms with van der Waals surface area (Å²) in [7, 11) is 0. The van der Waals surface area contributed by atoms with Gasteiger partial charge in [-0.2, -0.15) is 0 Å². The summed E-state index contributed by atoms with van der Waals surface area (Å²) in [5.41, 5.74) is 6.21. The molecule has 1 atom stereocenters. The molecule has 30 heavy (non-hydrogen) atoms. The van der Waals surface area contributed by atoms with Gasteiger partial charge in [-0.05, 0) is 55.8 Å². The zero-order chi connectivity index (χ0) is 20.9. The molecule has 0 spiro atoms. The van der Waals surface area contributed by atoms with E-state index in [0.29, 0.717) is 44.3 Å². The molecule has 2 aliphatic rings. The first-order valence-corrected chi connectivity index (χ1v) is 11.7. The van der Waals surface area contributed by atoms with Crippen LogP contribution < -0.4 is 21.1 Å². The lowest BCUT2D eigenvalue weighted by molar-refractivity contribution is -0.115. The number of hydrogen-bond acceptors (Lipinski definition) is 8. The number of ether oxygens (including phenoxy) is 1. The van der Waals surface area contributed by atoms with E-state index >= 15 is 0 Å². The molecule has 1 aromatic carbocycles. The van der Waals surface area contributed by atoms with Crippen molar-refractivity contribution in [1.29, 1.82) is 0 Å². The highest BCUT2D eigenvalue weighted by Gasteiger charge is 2.24. The van der Waals surface area contributed by atoms with E-state index < -0.39 is 0 Å². The van der Waals surface area contributed by atoms with Crippen LogP contribution in [0.3, 0.4) is 0 Å². The van der Waals surface area contributed by atoms with Crippen LogP contribution in [0.25, 0.3) is 6.08 Å². The summed E-state index contributed by atoms with van der Waals surface area (Å²) < 4.78 is 5.85. The monoisotopic (exact) mass is 463 g/mol. The normalized spacial score (nSPS) is 21.9. The van der Waals surface area contributed by atoms with Crippen molar-refractivity contribution >= 4 is 62.7 Å². The maximum absolute atomic E-state index is 12.2. The average Bonchev–Trinajstić information content (AvgIpc) is 3.30. The highest BCUT2D eigenvalue weighted by atomic mass is 35.5. The Hall–Kier alpha value is -2.07. The smallest absolute Gasteiger partial charge is 0.264 e. The molecule has 1 unspecified atom stereocenters. The van der Waals surface area contributed by atoms with Crippen LogP contribution >= 0.6 is 34.7 Å². The number of thioether (sulfide) groups is 1. The molecule has 0 aliphatic carbocycles. The van der Waals surface area contributed by atoms with Crippen LogP contribution in [-0.2, 0) is 4.79 Å². The molecule has 4 rings (SSSR count). The zero-order valence-electron chi connectivity index (χ0n) is 16.2. The van der Waals surface area contributed by atoms with Crippen LogP contribution in [0, 0.1) is 0 Å². The first kappa shape index (κ1) is 21.2. The number of aliphatic imine (C=N–C) groups is 1. The number of halogens is 1. The number of amidine groups is 1. The number of benzene rings is 1. The molecule has 4 N–H and O–H groups in total. The molecule has 2 fully saturated rings. The largest absolute Gasteiger partial charge is 0.493 e. The number of piperidine rings is 1. The van der Waals surface area contributed by atoms with Gasteiger partial charge in [-0.25, -0.2) is 9.98 Å². The van der Waals surface area contributed by atoms with Crippen LogP contribution in [0.2, 0.25) is 5.02 Å². The van der Waals surface area contributed by atoms with Gasteiger partial charge in [-0.15, -0.1) is 0 Å². The molecule has 2 saturated heterocycles. The second-order valence-corrected chi connectivity index (χ2v) is 9.51. The number of anilines is 1. The minimum atomic E-state index is -0.210. The molecule has 1 aromatic heterocycles. The van der Waals surface area contributed by atoms with Crippen LogP contribution in [0.1, 0.15) is 30.6 Å². The first-order chi connectivity index (χ1) is 14.6. The Balaban J connectivity index is 1.36. The maximum atomic E-state index is 12.2. The number of amides is 1. The van der Waals surface area contributed by atoms with Gasteiger partial charge in [0.25, 0.3) is 5.91 Å². The number of nitrogens with two attached hydrogens (primary N) is 1.